The van der Waals surface area contributed by atoms with Crippen LogP contribution in [0.25, 0.3) is 0 Å². The van der Waals surface area contributed by atoms with Gasteiger partial charge in [-0.05, 0) is 30.2 Å². The Labute approximate surface area is 96.0 Å². The molecular formula is C11H10BrNO2. The highest BCUT2D eigenvalue weighted by atomic mass is 79.9. The average Bonchev–Trinajstić information content (AvgIpc) is 2.27. The van der Waals surface area contributed by atoms with E-state index in [4.69, 9.17) is 0 Å². The van der Waals surface area contributed by atoms with Gasteiger partial charge in [0.15, 0.2) is 5.78 Å². The molecule has 4 heteroatoms. The first-order valence-electron chi connectivity index (χ1n) is 4.72. The van der Waals surface area contributed by atoms with Crippen molar-refractivity contribution in [3.63, 3.8) is 0 Å². The third kappa shape index (κ3) is 2.09. The first kappa shape index (κ1) is 10.4. The fourth-order valence-electron chi connectivity index (χ4n) is 1.63. The van der Waals surface area contributed by atoms with Gasteiger partial charge in [-0.1, -0.05) is 15.9 Å². The maximum atomic E-state index is 11.4. The predicted molar refractivity (Wildman–Crippen MR) is 61.5 cm³/mol. The van der Waals surface area contributed by atoms with Gasteiger partial charge < -0.3 is 5.32 Å². The molecule has 0 unspecified atom stereocenters. The van der Waals surface area contributed by atoms with E-state index in [-0.39, 0.29) is 11.7 Å². The number of carbonyl (C=O) groups excluding carboxylic acids is 2. The summed E-state index contributed by atoms with van der Waals surface area (Å²) in [7, 11) is 0. The van der Waals surface area contributed by atoms with Crippen LogP contribution in [0.2, 0.25) is 0 Å². The lowest BCUT2D eigenvalue weighted by atomic mass is 9.99. The van der Waals surface area contributed by atoms with Gasteiger partial charge in [0.2, 0.25) is 5.91 Å². The molecule has 0 aliphatic carbocycles. The van der Waals surface area contributed by atoms with E-state index < -0.39 is 0 Å². The Balaban J connectivity index is 2.34. The number of rotatable bonds is 2. The standard InChI is InChI=1S/C11H10BrNO2/c12-6-10(14)8-1-3-9-7(5-8)2-4-11(15)13-9/h1,3,5H,2,4,6H2,(H,13,15). The highest BCUT2D eigenvalue weighted by Crippen LogP contribution is 2.23. The van der Waals surface area contributed by atoms with E-state index in [9.17, 15) is 9.59 Å². The van der Waals surface area contributed by atoms with E-state index in [0.29, 0.717) is 23.7 Å². The lowest BCUT2D eigenvalue weighted by Gasteiger charge is -2.17. The Kier molecular flexibility index (Phi) is 2.86. The van der Waals surface area contributed by atoms with Gasteiger partial charge in [-0.25, -0.2) is 0 Å². The lowest BCUT2D eigenvalue weighted by molar-refractivity contribution is -0.116. The zero-order valence-corrected chi connectivity index (χ0v) is 9.63. The minimum atomic E-state index is 0.0436. The van der Waals surface area contributed by atoms with Crippen molar-refractivity contribution in [1.29, 1.82) is 0 Å². The summed E-state index contributed by atoms with van der Waals surface area (Å²) in [4.78, 5) is 22.5. The van der Waals surface area contributed by atoms with E-state index >= 15 is 0 Å². The van der Waals surface area contributed by atoms with Crippen LogP contribution in [0.1, 0.15) is 22.3 Å². The average molecular weight is 268 g/mol. The molecule has 78 valence electrons. The molecule has 1 amide bonds. The number of alkyl halides is 1. The first-order valence-corrected chi connectivity index (χ1v) is 5.85. The third-order valence-corrected chi connectivity index (χ3v) is 2.95. The Bertz CT molecular complexity index is 429. The number of benzene rings is 1. The molecule has 0 radical (unpaired) electrons. The van der Waals surface area contributed by atoms with Crippen LogP contribution in [-0.4, -0.2) is 17.0 Å². The van der Waals surface area contributed by atoms with Gasteiger partial charge in [0.25, 0.3) is 0 Å². The van der Waals surface area contributed by atoms with Gasteiger partial charge in [0.05, 0.1) is 5.33 Å². The largest absolute Gasteiger partial charge is 0.326 e. The number of hydrogen-bond donors (Lipinski definition) is 1. The number of nitrogens with one attached hydrogen (secondary N) is 1. The maximum absolute atomic E-state index is 11.4. The summed E-state index contributed by atoms with van der Waals surface area (Å²) >= 11 is 3.14. The van der Waals surface area contributed by atoms with E-state index in [0.717, 1.165) is 11.3 Å². The number of anilines is 1. The number of ketones is 1. The summed E-state index contributed by atoms with van der Waals surface area (Å²) < 4.78 is 0. The second kappa shape index (κ2) is 4.14. The molecule has 0 saturated carbocycles. The SMILES string of the molecule is O=C1CCc2cc(C(=O)CBr)ccc2N1. The van der Waals surface area contributed by atoms with Crippen molar-refractivity contribution in [2.45, 2.75) is 12.8 Å². The molecule has 1 aliphatic rings. The van der Waals surface area contributed by atoms with Crippen molar-refractivity contribution in [3.8, 4) is 0 Å². The molecule has 15 heavy (non-hydrogen) atoms. The summed E-state index contributed by atoms with van der Waals surface area (Å²) in [6.45, 7) is 0. The van der Waals surface area contributed by atoms with Crippen molar-refractivity contribution in [3.05, 3.63) is 29.3 Å². The van der Waals surface area contributed by atoms with E-state index in [1.54, 1.807) is 12.1 Å². The molecular weight excluding hydrogens is 258 g/mol. The van der Waals surface area contributed by atoms with Crippen LogP contribution < -0.4 is 5.32 Å². The number of aryl methyl sites for hydroxylation is 1. The Hall–Kier alpha value is -1.16. The minimum Gasteiger partial charge on any atom is -0.326 e. The van der Waals surface area contributed by atoms with E-state index in [1.165, 1.54) is 0 Å². The molecule has 1 heterocycles. The van der Waals surface area contributed by atoms with Gasteiger partial charge in [-0.3, -0.25) is 9.59 Å². The van der Waals surface area contributed by atoms with Crippen LogP contribution in [0.15, 0.2) is 18.2 Å². The van der Waals surface area contributed by atoms with Crippen molar-refractivity contribution in [1.82, 2.24) is 0 Å². The second-order valence-corrected chi connectivity index (χ2v) is 4.04. The molecule has 0 atom stereocenters. The van der Waals surface area contributed by atoms with Gasteiger partial charge in [-0.15, -0.1) is 0 Å². The molecule has 0 spiro atoms. The smallest absolute Gasteiger partial charge is 0.224 e. The molecule has 1 N–H and O–H groups in total. The Morgan fingerprint density at radius 1 is 1.40 bits per heavy atom. The number of carbonyl (C=O) groups is 2. The van der Waals surface area contributed by atoms with E-state index in [2.05, 4.69) is 21.2 Å². The number of fused-ring (bicyclic) bond motifs is 1. The molecule has 0 saturated heterocycles. The van der Waals surface area contributed by atoms with Gasteiger partial charge in [0, 0.05) is 17.7 Å². The summed E-state index contributed by atoms with van der Waals surface area (Å²) in [6, 6.07) is 5.40. The number of hydrogen-bond acceptors (Lipinski definition) is 2. The molecule has 1 aliphatic heterocycles. The fraction of sp³-hybridized carbons (Fsp3) is 0.273. The van der Waals surface area contributed by atoms with Crippen LogP contribution in [0.5, 0.6) is 0 Å². The third-order valence-electron chi connectivity index (χ3n) is 2.44. The molecule has 0 bridgehead atoms. The van der Waals surface area contributed by atoms with Crippen molar-refractivity contribution in [2.75, 3.05) is 10.6 Å². The van der Waals surface area contributed by atoms with Crippen LogP contribution in [0.4, 0.5) is 5.69 Å². The fourth-order valence-corrected chi connectivity index (χ4v) is 1.96. The zero-order valence-electron chi connectivity index (χ0n) is 8.05. The minimum absolute atomic E-state index is 0.0436. The quantitative estimate of drug-likeness (QED) is 0.659. The zero-order chi connectivity index (χ0) is 10.8. The first-order chi connectivity index (χ1) is 7.20. The van der Waals surface area contributed by atoms with Gasteiger partial charge in [0.1, 0.15) is 0 Å². The van der Waals surface area contributed by atoms with Crippen molar-refractivity contribution in [2.24, 2.45) is 0 Å². The lowest BCUT2D eigenvalue weighted by Crippen LogP contribution is -2.19. The summed E-state index contributed by atoms with van der Waals surface area (Å²) in [5.74, 6) is 0.108. The molecule has 1 aromatic carbocycles. The Morgan fingerprint density at radius 2 is 2.20 bits per heavy atom. The monoisotopic (exact) mass is 267 g/mol. The van der Waals surface area contributed by atoms with Gasteiger partial charge in [-0.2, -0.15) is 0 Å². The van der Waals surface area contributed by atoms with Gasteiger partial charge >= 0.3 is 0 Å². The number of Topliss-reactive ketones (excluding diaryl/α,β-unsaturated/α-hetero) is 1. The second-order valence-electron chi connectivity index (χ2n) is 3.48. The maximum Gasteiger partial charge on any atom is 0.224 e. The summed E-state index contributed by atoms with van der Waals surface area (Å²) in [5, 5.41) is 3.11. The van der Waals surface area contributed by atoms with Crippen molar-refractivity contribution < 1.29 is 9.59 Å². The Morgan fingerprint density at radius 3 is 2.93 bits per heavy atom. The van der Waals surface area contributed by atoms with Crippen molar-refractivity contribution >= 4 is 33.3 Å². The van der Waals surface area contributed by atoms with Crippen LogP contribution in [0.3, 0.4) is 0 Å². The van der Waals surface area contributed by atoms with Crippen LogP contribution >= 0.6 is 15.9 Å². The molecule has 0 aromatic heterocycles. The molecule has 3 nitrogen and oxygen atoms in total. The highest BCUT2D eigenvalue weighted by molar-refractivity contribution is 9.09. The topological polar surface area (TPSA) is 46.2 Å². The summed E-state index contributed by atoms with van der Waals surface area (Å²) in [5.41, 5.74) is 2.57. The summed E-state index contributed by atoms with van der Waals surface area (Å²) in [6.07, 6.45) is 1.21. The highest BCUT2D eigenvalue weighted by Gasteiger charge is 2.15. The van der Waals surface area contributed by atoms with Crippen LogP contribution in [0, 0.1) is 0 Å². The number of halogens is 1. The normalized spacial score (nSPS) is 14.3. The molecule has 0 fully saturated rings. The predicted octanol–water partition coefficient (Wildman–Crippen LogP) is 2.15. The van der Waals surface area contributed by atoms with Crippen LogP contribution in [-0.2, 0) is 11.2 Å². The number of amides is 1. The molecule has 2 rings (SSSR count). The van der Waals surface area contributed by atoms with E-state index in [1.807, 2.05) is 6.07 Å². The molecule has 1 aromatic rings.